The van der Waals surface area contributed by atoms with Gasteiger partial charge in [-0.15, -0.1) is 0 Å². The maximum absolute atomic E-state index is 12.8. The highest BCUT2D eigenvalue weighted by atomic mass is 16.4. The smallest absolute Gasteiger partial charge is 0.326 e. The molecule has 16 heteroatoms. The first-order chi connectivity index (χ1) is 19.7. The molecule has 4 amide bonds. The molecule has 232 valence electrons. The normalized spacial score (nSPS) is 13.5. The lowest BCUT2D eigenvalue weighted by atomic mass is 10.0. The van der Waals surface area contributed by atoms with Crippen molar-refractivity contribution in [3.8, 4) is 0 Å². The highest BCUT2D eigenvalue weighted by Crippen LogP contribution is 2.06. The van der Waals surface area contributed by atoms with Gasteiger partial charge in [0.25, 0.3) is 0 Å². The third-order valence-electron chi connectivity index (χ3n) is 5.95. The molecule has 4 unspecified atom stereocenters. The van der Waals surface area contributed by atoms with Crippen LogP contribution in [0, 0.1) is 5.92 Å². The number of carbonyl (C=O) groups excluding carboxylic acids is 4. The van der Waals surface area contributed by atoms with Gasteiger partial charge >= 0.3 is 11.9 Å². The molecule has 42 heavy (non-hydrogen) atoms. The number of nitrogens with two attached hydrogens (primary N) is 3. The Labute approximate surface area is 242 Å². The Balaban J connectivity index is 2.87. The molecule has 1 aromatic carbocycles. The monoisotopic (exact) mass is 592 g/mol. The molecule has 0 aromatic heterocycles. The lowest BCUT2D eigenvalue weighted by molar-refractivity contribution is -0.143. The molecule has 4 atom stereocenters. The fraction of sp³-hybridized carbons (Fsp3) is 0.500. The summed E-state index contributed by atoms with van der Waals surface area (Å²) in [6.45, 7) is 2.95. The highest BCUT2D eigenvalue weighted by Gasteiger charge is 2.29. The van der Waals surface area contributed by atoms with E-state index < -0.39 is 72.7 Å². The molecular formula is C26H40N8O8. The summed E-state index contributed by atoms with van der Waals surface area (Å²) in [6.07, 6.45) is -0.529. The Hall–Kier alpha value is -4.73. The topological polar surface area (TPSA) is 281 Å². The molecule has 12 N–H and O–H groups in total. The predicted octanol–water partition coefficient (Wildman–Crippen LogP) is -2.60. The molecule has 1 aromatic rings. The third kappa shape index (κ3) is 13.6. The van der Waals surface area contributed by atoms with Gasteiger partial charge in [-0.25, -0.2) is 4.79 Å². The summed E-state index contributed by atoms with van der Waals surface area (Å²) in [6, 6.07) is 3.41. The number of hydrogen-bond acceptors (Lipinski definition) is 8. The zero-order chi connectivity index (χ0) is 31.8. The summed E-state index contributed by atoms with van der Waals surface area (Å²) in [4.78, 5) is 77.5. The number of carbonyl (C=O) groups is 6. The molecule has 0 saturated carbocycles. The highest BCUT2D eigenvalue weighted by molar-refractivity contribution is 5.95. The van der Waals surface area contributed by atoms with Crippen LogP contribution < -0.4 is 38.5 Å². The number of hydrogen-bond donors (Lipinski definition) is 9. The summed E-state index contributed by atoms with van der Waals surface area (Å²) in [5.74, 6) is -6.44. The molecule has 0 heterocycles. The number of rotatable bonds is 18. The van der Waals surface area contributed by atoms with Gasteiger partial charge in [0.05, 0.1) is 19.0 Å². The number of nitrogens with zero attached hydrogens (tertiary/aromatic N) is 1. The number of amides is 4. The Morgan fingerprint density at radius 2 is 1.48 bits per heavy atom. The average molecular weight is 593 g/mol. The van der Waals surface area contributed by atoms with Crippen LogP contribution in [0.1, 0.15) is 38.7 Å². The second kappa shape index (κ2) is 17.9. The van der Waals surface area contributed by atoms with Crippen molar-refractivity contribution in [2.24, 2.45) is 28.1 Å². The number of aliphatic imine (C=N–C) groups is 1. The minimum absolute atomic E-state index is 0.0809. The largest absolute Gasteiger partial charge is 0.481 e. The van der Waals surface area contributed by atoms with E-state index in [9.17, 15) is 39.0 Å². The minimum Gasteiger partial charge on any atom is -0.481 e. The molecule has 0 bridgehead atoms. The first-order valence-corrected chi connectivity index (χ1v) is 13.2. The van der Waals surface area contributed by atoms with Crippen LogP contribution in [0.25, 0.3) is 0 Å². The Morgan fingerprint density at radius 3 is 2.02 bits per heavy atom. The molecule has 0 saturated heterocycles. The molecule has 0 radical (unpaired) electrons. The number of carboxylic acids is 2. The lowest BCUT2D eigenvalue weighted by Crippen LogP contribution is -2.56. The fourth-order valence-corrected chi connectivity index (χ4v) is 3.59. The summed E-state index contributed by atoms with van der Waals surface area (Å²) in [5.41, 5.74) is 17.1. The summed E-state index contributed by atoms with van der Waals surface area (Å²) in [7, 11) is 0. The molecule has 1 rings (SSSR count). The van der Waals surface area contributed by atoms with Crippen molar-refractivity contribution in [3.63, 3.8) is 0 Å². The number of aliphatic carboxylic acids is 2. The van der Waals surface area contributed by atoms with E-state index in [1.807, 2.05) is 0 Å². The van der Waals surface area contributed by atoms with E-state index in [2.05, 4.69) is 26.3 Å². The first kappa shape index (κ1) is 35.3. The van der Waals surface area contributed by atoms with Crippen molar-refractivity contribution in [1.82, 2.24) is 21.3 Å². The summed E-state index contributed by atoms with van der Waals surface area (Å²) >= 11 is 0. The van der Waals surface area contributed by atoms with Crippen molar-refractivity contribution in [3.05, 3.63) is 35.9 Å². The van der Waals surface area contributed by atoms with Gasteiger partial charge in [0, 0.05) is 13.0 Å². The van der Waals surface area contributed by atoms with Crippen LogP contribution in [0.2, 0.25) is 0 Å². The number of carboxylic acid groups (broad SMARTS) is 2. The van der Waals surface area contributed by atoms with E-state index in [0.717, 1.165) is 0 Å². The maximum Gasteiger partial charge on any atom is 0.326 e. The van der Waals surface area contributed by atoms with Crippen molar-refractivity contribution < 1.29 is 39.0 Å². The van der Waals surface area contributed by atoms with E-state index in [-0.39, 0.29) is 31.3 Å². The van der Waals surface area contributed by atoms with Gasteiger partial charge in [-0.05, 0) is 24.3 Å². The van der Waals surface area contributed by atoms with E-state index in [1.54, 1.807) is 44.2 Å². The zero-order valence-corrected chi connectivity index (χ0v) is 23.5. The van der Waals surface area contributed by atoms with Gasteiger partial charge in [-0.3, -0.25) is 29.0 Å². The second-order valence-electron chi connectivity index (χ2n) is 9.80. The molecule has 0 aliphatic heterocycles. The molecular weight excluding hydrogens is 552 g/mol. The number of nitrogens with one attached hydrogen (secondary N) is 4. The van der Waals surface area contributed by atoms with Crippen molar-refractivity contribution in [1.29, 1.82) is 0 Å². The second-order valence-corrected chi connectivity index (χ2v) is 9.80. The van der Waals surface area contributed by atoms with E-state index in [4.69, 9.17) is 17.2 Å². The Bertz CT molecular complexity index is 1120. The van der Waals surface area contributed by atoms with Gasteiger partial charge in [-0.1, -0.05) is 44.2 Å². The van der Waals surface area contributed by atoms with Crippen molar-refractivity contribution in [2.75, 3.05) is 13.1 Å². The van der Waals surface area contributed by atoms with E-state index >= 15 is 0 Å². The van der Waals surface area contributed by atoms with Gasteiger partial charge in [0.15, 0.2) is 5.96 Å². The molecule has 0 fully saturated rings. The zero-order valence-electron chi connectivity index (χ0n) is 23.5. The fourth-order valence-electron chi connectivity index (χ4n) is 3.59. The van der Waals surface area contributed by atoms with Gasteiger partial charge in [-0.2, -0.15) is 0 Å². The van der Waals surface area contributed by atoms with Crippen LogP contribution in [-0.4, -0.2) is 89.0 Å². The summed E-state index contributed by atoms with van der Waals surface area (Å²) < 4.78 is 0. The van der Waals surface area contributed by atoms with Gasteiger partial charge in [0.2, 0.25) is 23.6 Å². The molecule has 0 aliphatic carbocycles. The van der Waals surface area contributed by atoms with Crippen molar-refractivity contribution >= 4 is 41.5 Å². The predicted molar refractivity (Wildman–Crippen MR) is 152 cm³/mol. The molecule has 0 spiro atoms. The van der Waals surface area contributed by atoms with Crippen LogP contribution in [0.4, 0.5) is 0 Å². The van der Waals surface area contributed by atoms with Crippen LogP contribution in [0.15, 0.2) is 35.3 Å². The summed E-state index contributed by atoms with van der Waals surface area (Å²) in [5, 5.41) is 28.1. The minimum atomic E-state index is -1.64. The van der Waals surface area contributed by atoms with E-state index in [0.29, 0.717) is 12.0 Å². The standard InChI is InChI=1S/C26H40N8O8/c1-14(2)21(27)24(40)33-16(9-6-10-30-26(28)29)22(38)31-13-19(35)32-17(12-20(36)37)23(39)34-18(25(41)42)11-15-7-4-3-5-8-15/h3-5,7-8,14,16-18,21H,6,9-13,27H2,1-2H3,(H,31,38)(H,32,35)(H,33,40)(H,34,39)(H,36,37)(H,41,42)(H4,28,29,30). The van der Waals surface area contributed by atoms with Crippen LogP contribution in [0.3, 0.4) is 0 Å². The van der Waals surface area contributed by atoms with Crippen LogP contribution in [0.5, 0.6) is 0 Å². The molecule has 0 aliphatic rings. The van der Waals surface area contributed by atoms with Crippen LogP contribution >= 0.6 is 0 Å². The average Bonchev–Trinajstić information content (AvgIpc) is 2.92. The van der Waals surface area contributed by atoms with Gasteiger partial charge < -0.3 is 48.7 Å². The van der Waals surface area contributed by atoms with Gasteiger partial charge in [0.1, 0.15) is 18.1 Å². The molecule has 16 nitrogen and oxygen atoms in total. The van der Waals surface area contributed by atoms with Crippen molar-refractivity contribution in [2.45, 2.75) is 63.7 Å². The Kier molecular flexibility index (Phi) is 15.0. The first-order valence-electron chi connectivity index (χ1n) is 13.2. The third-order valence-corrected chi connectivity index (χ3v) is 5.95. The maximum atomic E-state index is 12.8. The van der Waals surface area contributed by atoms with E-state index in [1.165, 1.54) is 0 Å². The SMILES string of the molecule is CC(C)C(N)C(=O)NC(CCCN=C(N)N)C(=O)NCC(=O)NC(CC(=O)O)C(=O)NC(Cc1ccccc1)C(=O)O. The number of guanidine groups is 1. The Morgan fingerprint density at radius 1 is 0.857 bits per heavy atom. The van der Waals surface area contributed by atoms with Crippen LogP contribution in [-0.2, 0) is 35.2 Å². The lowest BCUT2D eigenvalue weighted by Gasteiger charge is -2.23. The quantitative estimate of drug-likeness (QED) is 0.0484. The number of benzene rings is 1.